The summed E-state index contributed by atoms with van der Waals surface area (Å²) in [6.45, 7) is 4.64. The van der Waals surface area contributed by atoms with Crippen molar-refractivity contribution in [2.24, 2.45) is 0 Å². The molecular formula is C26H29NO7. The number of rotatable bonds is 11. The Kier molecular flexibility index (Phi) is 8.32. The van der Waals surface area contributed by atoms with Gasteiger partial charge in [-0.3, -0.25) is 9.59 Å². The van der Waals surface area contributed by atoms with E-state index in [2.05, 4.69) is 6.58 Å². The molecule has 3 rings (SSSR count). The van der Waals surface area contributed by atoms with Gasteiger partial charge in [0.1, 0.15) is 18.1 Å². The van der Waals surface area contributed by atoms with Crippen molar-refractivity contribution in [1.82, 2.24) is 4.90 Å². The van der Waals surface area contributed by atoms with Gasteiger partial charge in [0.05, 0.1) is 25.8 Å². The molecule has 34 heavy (non-hydrogen) atoms. The molecular weight excluding hydrogens is 438 g/mol. The number of Topliss-reactive ketones (excluding diaryl/α,β-unsaturated/α-hetero) is 1. The number of hydrogen-bond acceptors (Lipinski definition) is 7. The zero-order chi connectivity index (χ0) is 24.7. The minimum atomic E-state index is -0.804. The Morgan fingerprint density at radius 3 is 2.41 bits per heavy atom. The van der Waals surface area contributed by atoms with Crippen molar-refractivity contribution in [1.29, 1.82) is 0 Å². The molecule has 1 amide bonds. The van der Waals surface area contributed by atoms with Crippen LogP contribution in [-0.4, -0.2) is 62.8 Å². The van der Waals surface area contributed by atoms with Gasteiger partial charge in [-0.15, -0.1) is 0 Å². The fourth-order valence-corrected chi connectivity index (χ4v) is 3.86. The lowest BCUT2D eigenvalue weighted by molar-refractivity contribution is -0.140. The molecule has 0 spiro atoms. The molecule has 1 aliphatic heterocycles. The second kappa shape index (κ2) is 11.4. The summed E-state index contributed by atoms with van der Waals surface area (Å²) < 4.78 is 21.4. The predicted molar refractivity (Wildman–Crippen MR) is 127 cm³/mol. The quantitative estimate of drug-likeness (QED) is 0.177. The molecule has 8 nitrogen and oxygen atoms in total. The number of benzene rings is 2. The topological polar surface area (TPSA) is 94.5 Å². The van der Waals surface area contributed by atoms with Crippen molar-refractivity contribution in [3.63, 3.8) is 0 Å². The summed E-state index contributed by atoms with van der Waals surface area (Å²) in [5.74, 6) is -0.146. The monoisotopic (exact) mass is 467 g/mol. The molecule has 1 saturated heterocycles. The average molecular weight is 468 g/mol. The second-order valence-electron chi connectivity index (χ2n) is 7.58. The number of aliphatic hydroxyl groups is 1. The number of carbonyl (C=O) groups excluding carboxylic acids is 2. The highest BCUT2D eigenvalue weighted by atomic mass is 16.5. The molecule has 1 fully saturated rings. The minimum absolute atomic E-state index is 0.00870. The van der Waals surface area contributed by atoms with E-state index in [0.29, 0.717) is 48.0 Å². The molecule has 2 aromatic carbocycles. The van der Waals surface area contributed by atoms with Crippen LogP contribution in [0.1, 0.15) is 23.6 Å². The molecule has 1 heterocycles. The summed E-state index contributed by atoms with van der Waals surface area (Å²) in [5, 5.41) is 11.1. The second-order valence-corrected chi connectivity index (χ2v) is 7.58. The molecule has 1 unspecified atom stereocenters. The largest absolute Gasteiger partial charge is 0.507 e. The molecule has 0 aromatic heterocycles. The Bertz CT molecular complexity index is 1080. The number of amides is 1. The Balaban J connectivity index is 2.12. The number of carbonyl (C=O) groups is 2. The summed E-state index contributed by atoms with van der Waals surface area (Å²) in [6.07, 6.45) is 2.15. The van der Waals surface area contributed by atoms with Crippen molar-refractivity contribution in [2.45, 2.75) is 12.5 Å². The summed E-state index contributed by atoms with van der Waals surface area (Å²) in [5.41, 5.74) is 1.02. The highest BCUT2D eigenvalue weighted by Gasteiger charge is 2.46. The minimum Gasteiger partial charge on any atom is -0.507 e. The first kappa shape index (κ1) is 24.9. The number of likely N-dealkylation sites (tertiary alicyclic amines) is 1. The standard InChI is InChI=1S/C26H29NO7/c1-5-14-34-20-12-9-18(16-21(20)33-4)23-22(24(28)17-7-10-19(32-3)11-8-17)25(29)26(30)27(23)13-6-15-31-2/h5,7-12,16,23,28H,1,6,13-15H2,2-4H3. The van der Waals surface area contributed by atoms with Crippen LogP contribution in [0.15, 0.2) is 60.7 Å². The van der Waals surface area contributed by atoms with E-state index < -0.39 is 17.7 Å². The Labute approximate surface area is 199 Å². The van der Waals surface area contributed by atoms with Crippen LogP contribution in [0.25, 0.3) is 5.76 Å². The normalized spacial score (nSPS) is 17.0. The van der Waals surface area contributed by atoms with Gasteiger partial charge >= 0.3 is 0 Å². The van der Waals surface area contributed by atoms with Crippen LogP contribution in [0.2, 0.25) is 0 Å². The van der Waals surface area contributed by atoms with Gasteiger partial charge in [0.25, 0.3) is 11.7 Å². The van der Waals surface area contributed by atoms with Crippen molar-refractivity contribution < 1.29 is 33.6 Å². The van der Waals surface area contributed by atoms with E-state index in [4.69, 9.17) is 18.9 Å². The van der Waals surface area contributed by atoms with Crippen LogP contribution in [0.5, 0.6) is 17.2 Å². The maximum atomic E-state index is 13.1. The first-order valence-electron chi connectivity index (χ1n) is 10.8. The van der Waals surface area contributed by atoms with Gasteiger partial charge < -0.3 is 29.0 Å². The third-order valence-electron chi connectivity index (χ3n) is 5.51. The van der Waals surface area contributed by atoms with Crippen molar-refractivity contribution >= 4 is 17.4 Å². The zero-order valence-corrected chi connectivity index (χ0v) is 19.6. The lowest BCUT2D eigenvalue weighted by Crippen LogP contribution is -2.31. The predicted octanol–water partition coefficient (Wildman–Crippen LogP) is 3.73. The van der Waals surface area contributed by atoms with Gasteiger partial charge in [0.2, 0.25) is 0 Å². The summed E-state index contributed by atoms with van der Waals surface area (Å²) in [6, 6.07) is 11.0. The summed E-state index contributed by atoms with van der Waals surface area (Å²) in [4.78, 5) is 27.6. The van der Waals surface area contributed by atoms with E-state index in [9.17, 15) is 14.7 Å². The Morgan fingerprint density at radius 1 is 1.06 bits per heavy atom. The molecule has 0 saturated carbocycles. The van der Waals surface area contributed by atoms with Crippen LogP contribution in [-0.2, 0) is 14.3 Å². The maximum Gasteiger partial charge on any atom is 0.295 e. The lowest BCUT2D eigenvalue weighted by Gasteiger charge is -2.26. The van der Waals surface area contributed by atoms with E-state index in [1.165, 1.54) is 19.1 Å². The highest BCUT2D eigenvalue weighted by Crippen LogP contribution is 2.42. The number of ketones is 1. The number of aliphatic hydroxyl groups excluding tert-OH is 1. The Morgan fingerprint density at radius 2 is 1.79 bits per heavy atom. The van der Waals surface area contributed by atoms with E-state index in [0.717, 1.165) is 0 Å². The Hall–Kier alpha value is -3.78. The first-order chi connectivity index (χ1) is 16.5. The fourth-order valence-electron chi connectivity index (χ4n) is 3.86. The van der Waals surface area contributed by atoms with Crippen LogP contribution in [0.3, 0.4) is 0 Å². The molecule has 1 atom stereocenters. The zero-order valence-electron chi connectivity index (χ0n) is 19.6. The summed E-state index contributed by atoms with van der Waals surface area (Å²) in [7, 11) is 4.62. The average Bonchev–Trinajstić information content (AvgIpc) is 3.12. The van der Waals surface area contributed by atoms with Crippen molar-refractivity contribution in [3.8, 4) is 17.2 Å². The number of methoxy groups -OCH3 is 3. The summed E-state index contributed by atoms with van der Waals surface area (Å²) >= 11 is 0. The molecule has 0 radical (unpaired) electrons. The number of ether oxygens (including phenoxy) is 4. The lowest BCUT2D eigenvalue weighted by atomic mass is 9.95. The molecule has 1 aliphatic rings. The van der Waals surface area contributed by atoms with Crippen LogP contribution in [0.4, 0.5) is 0 Å². The smallest absolute Gasteiger partial charge is 0.295 e. The molecule has 0 aliphatic carbocycles. The first-order valence-corrected chi connectivity index (χ1v) is 10.8. The van der Waals surface area contributed by atoms with E-state index in [1.54, 1.807) is 55.7 Å². The maximum absolute atomic E-state index is 13.1. The van der Waals surface area contributed by atoms with Gasteiger partial charge in [-0.05, 0) is 48.4 Å². The van der Waals surface area contributed by atoms with E-state index in [-0.39, 0.29) is 17.9 Å². The third kappa shape index (κ3) is 5.07. The van der Waals surface area contributed by atoms with Gasteiger partial charge in [-0.2, -0.15) is 0 Å². The van der Waals surface area contributed by atoms with E-state index in [1.807, 2.05) is 0 Å². The number of nitrogens with zero attached hydrogens (tertiary/aromatic N) is 1. The van der Waals surface area contributed by atoms with Crippen LogP contribution >= 0.6 is 0 Å². The molecule has 180 valence electrons. The molecule has 2 aromatic rings. The van der Waals surface area contributed by atoms with Crippen LogP contribution in [0, 0.1) is 0 Å². The van der Waals surface area contributed by atoms with Gasteiger partial charge in [0.15, 0.2) is 11.5 Å². The molecule has 1 N–H and O–H groups in total. The van der Waals surface area contributed by atoms with E-state index >= 15 is 0 Å². The fraction of sp³-hybridized carbons (Fsp3) is 0.308. The SMILES string of the molecule is C=CCOc1ccc(C2C(=C(O)c3ccc(OC)cc3)C(=O)C(=O)N2CCCOC)cc1OC. The van der Waals surface area contributed by atoms with Crippen molar-refractivity contribution in [3.05, 3.63) is 71.8 Å². The van der Waals surface area contributed by atoms with Gasteiger partial charge in [-0.25, -0.2) is 0 Å². The molecule has 0 bridgehead atoms. The number of hydrogen-bond donors (Lipinski definition) is 1. The highest BCUT2D eigenvalue weighted by molar-refractivity contribution is 6.46. The molecule has 8 heteroatoms. The van der Waals surface area contributed by atoms with Gasteiger partial charge in [-0.1, -0.05) is 18.7 Å². The van der Waals surface area contributed by atoms with Crippen molar-refractivity contribution in [2.75, 3.05) is 41.1 Å². The van der Waals surface area contributed by atoms with Gasteiger partial charge in [0, 0.05) is 25.8 Å². The van der Waals surface area contributed by atoms with Crippen LogP contribution < -0.4 is 14.2 Å². The third-order valence-corrected chi connectivity index (χ3v) is 5.51.